The Hall–Kier alpha value is -1.33. The van der Waals surface area contributed by atoms with Crippen molar-refractivity contribution in [3.05, 3.63) is 0 Å². The summed E-state index contributed by atoms with van der Waals surface area (Å²) in [6, 6.07) is 0. The Labute approximate surface area is 208 Å². The molecule has 3 rings (SSSR count). The molecule has 0 amide bonds. The molecule has 0 bridgehead atoms. The average Bonchev–Trinajstić information content (AvgIpc) is 2.87. The maximum Gasteiger partial charge on any atom is 0.506 e. The SMILES string of the molecule is O=C(O)O[C@H]1[C@@H](O[C@H]2[C@H](O)[C@@H](O)[C@@H](O[C@H]3[C@H](O)[C@@H](O)C(O)O[C@@H]3CO)O[C@@H]2CO)O[C@H](CO)[C@@H](O)[C@@H]1O. The third-order valence-electron chi connectivity index (χ3n) is 6.30. The van der Waals surface area contributed by atoms with Gasteiger partial charge in [0.05, 0.1) is 19.8 Å². The molecular weight excluding hydrogens is 516 g/mol. The van der Waals surface area contributed by atoms with Crippen molar-refractivity contribution >= 4 is 6.16 Å². The predicted molar refractivity (Wildman–Crippen MR) is 108 cm³/mol. The maximum atomic E-state index is 11.1. The number of carboxylic acid groups (broad SMARTS) is 1. The van der Waals surface area contributed by atoms with Crippen LogP contribution in [0.15, 0.2) is 0 Å². The lowest BCUT2D eigenvalue weighted by Gasteiger charge is -2.48. The minimum Gasteiger partial charge on any atom is -0.450 e. The van der Waals surface area contributed by atoms with Crippen molar-refractivity contribution in [2.75, 3.05) is 19.8 Å². The van der Waals surface area contributed by atoms with E-state index in [-0.39, 0.29) is 0 Å². The molecule has 0 aromatic carbocycles. The van der Waals surface area contributed by atoms with Crippen molar-refractivity contribution in [1.82, 2.24) is 0 Å². The molecule has 3 aliphatic heterocycles. The van der Waals surface area contributed by atoms with Crippen LogP contribution >= 0.6 is 0 Å². The zero-order chi connectivity index (χ0) is 27.6. The smallest absolute Gasteiger partial charge is 0.450 e. The quantitative estimate of drug-likeness (QED) is 0.126. The monoisotopic (exact) mass is 548 g/mol. The summed E-state index contributed by atoms with van der Waals surface area (Å²) >= 11 is 0. The Morgan fingerprint density at radius 1 is 0.568 bits per heavy atom. The third kappa shape index (κ3) is 6.30. The van der Waals surface area contributed by atoms with Crippen LogP contribution in [-0.2, 0) is 28.4 Å². The lowest BCUT2D eigenvalue weighted by atomic mass is 9.96. The Bertz CT molecular complexity index is 738. The van der Waals surface area contributed by atoms with E-state index in [2.05, 4.69) is 4.74 Å². The second kappa shape index (κ2) is 12.7. The van der Waals surface area contributed by atoms with Gasteiger partial charge in [-0.3, -0.25) is 0 Å². The van der Waals surface area contributed by atoms with Crippen molar-refractivity contribution < 1.29 is 89.4 Å². The molecule has 0 aromatic heterocycles. The van der Waals surface area contributed by atoms with Crippen LogP contribution in [0.1, 0.15) is 0 Å². The van der Waals surface area contributed by atoms with Gasteiger partial charge in [-0.2, -0.15) is 0 Å². The first-order valence-corrected chi connectivity index (χ1v) is 11.2. The zero-order valence-electron chi connectivity index (χ0n) is 19.1. The van der Waals surface area contributed by atoms with Gasteiger partial charge in [-0.05, 0) is 0 Å². The summed E-state index contributed by atoms with van der Waals surface area (Å²) in [6.45, 7) is -2.52. The van der Waals surface area contributed by atoms with Crippen LogP contribution in [-0.4, -0.2) is 174 Å². The Balaban J connectivity index is 1.77. The van der Waals surface area contributed by atoms with E-state index in [4.69, 9.17) is 28.8 Å². The predicted octanol–water partition coefficient (Wildman–Crippen LogP) is -6.87. The van der Waals surface area contributed by atoms with E-state index < -0.39 is 118 Å². The molecule has 216 valence electrons. The molecule has 0 aliphatic carbocycles. The van der Waals surface area contributed by atoms with Crippen LogP contribution in [0, 0.1) is 0 Å². The highest BCUT2D eigenvalue weighted by molar-refractivity contribution is 5.57. The van der Waals surface area contributed by atoms with E-state index in [1.807, 2.05) is 0 Å². The van der Waals surface area contributed by atoms with Crippen LogP contribution in [0.5, 0.6) is 0 Å². The number of hydrogen-bond donors (Lipinski definition) is 11. The van der Waals surface area contributed by atoms with Gasteiger partial charge in [0.2, 0.25) is 0 Å². The lowest BCUT2D eigenvalue weighted by Crippen LogP contribution is -2.66. The van der Waals surface area contributed by atoms with Crippen molar-refractivity contribution in [1.29, 1.82) is 0 Å². The lowest BCUT2D eigenvalue weighted by molar-refractivity contribution is -0.377. The number of aliphatic hydroxyl groups excluding tert-OH is 10. The van der Waals surface area contributed by atoms with Crippen LogP contribution in [0.25, 0.3) is 0 Å². The largest absolute Gasteiger partial charge is 0.506 e. The van der Waals surface area contributed by atoms with Gasteiger partial charge in [0.1, 0.15) is 67.1 Å². The highest BCUT2D eigenvalue weighted by Gasteiger charge is 2.54. The zero-order valence-corrected chi connectivity index (χ0v) is 19.1. The first-order valence-electron chi connectivity index (χ1n) is 11.2. The normalized spacial score (nSPS) is 49.0. The molecule has 1 unspecified atom stereocenters. The highest BCUT2D eigenvalue weighted by atomic mass is 16.8. The number of aliphatic hydroxyl groups is 10. The fourth-order valence-electron chi connectivity index (χ4n) is 4.29. The summed E-state index contributed by atoms with van der Waals surface area (Å²) in [5.41, 5.74) is 0. The molecule has 0 radical (unpaired) electrons. The molecule has 0 aromatic rings. The average molecular weight is 548 g/mol. The van der Waals surface area contributed by atoms with Crippen LogP contribution in [0.4, 0.5) is 4.79 Å². The molecule has 0 spiro atoms. The molecule has 18 nitrogen and oxygen atoms in total. The molecular formula is C19H32O18. The highest BCUT2D eigenvalue weighted by Crippen LogP contribution is 2.32. The molecule has 3 saturated heterocycles. The van der Waals surface area contributed by atoms with Gasteiger partial charge in [-0.15, -0.1) is 0 Å². The minimum absolute atomic E-state index is 0.795. The summed E-state index contributed by atoms with van der Waals surface area (Å²) in [7, 11) is 0. The maximum absolute atomic E-state index is 11.1. The van der Waals surface area contributed by atoms with Gasteiger partial charge in [0.15, 0.2) is 25.0 Å². The molecule has 15 atom stereocenters. The van der Waals surface area contributed by atoms with E-state index >= 15 is 0 Å². The second-order valence-electron chi connectivity index (χ2n) is 8.69. The van der Waals surface area contributed by atoms with E-state index in [1.54, 1.807) is 0 Å². The molecule has 11 N–H and O–H groups in total. The van der Waals surface area contributed by atoms with Gasteiger partial charge in [-0.25, -0.2) is 4.79 Å². The number of ether oxygens (including phenoxy) is 6. The van der Waals surface area contributed by atoms with Crippen LogP contribution in [0.2, 0.25) is 0 Å². The van der Waals surface area contributed by atoms with Gasteiger partial charge < -0.3 is 84.6 Å². The summed E-state index contributed by atoms with van der Waals surface area (Å²) in [4.78, 5) is 11.1. The van der Waals surface area contributed by atoms with E-state index in [1.165, 1.54) is 0 Å². The summed E-state index contributed by atoms with van der Waals surface area (Å²) in [6.07, 6.45) is -28.3. The van der Waals surface area contributed by atoms with Crippen molar-refractivity contribution in [3.63, 3.8) is 0 Å². The Morgan fingerprint density at radius 2 is 1.03 bits per heavy atom. The Kier molecular flexibility index (Phi) is 10.4. The van der Waals surface area contributed by atoms with E-state index in [0.717, 1.165) is 0 Å². The minimum atomic E-state index is -1.99. The fourth-order valence-corrected chi connectivity index (χ4v) is 4.29. The van der Waals surface area contributed by atoms with E-state index in [0.29, 0.717) is 0 Å². The van der Waals surface area contributed by atoms with E-state index in [9.17, 15) is 55.9 Å². The van der Waals surface area contributed by atoms with Crippen molar-refractivity contribution in [2.24, 2.45) is 0 Å². The number of carbonyl (C=O) groups is 1. The topological polar surface area (TPSA) is 295 Å². The van der Waals surface area contributed by atoms with Gasteiger partial charge in [0, 0.05) is 0 Å². The standard InChI is InChI=1S/C19H32O18/c20-1-4-7(23)8(24)15(37-19(30)31)18(33-4)36-14-6(3-22)34-17(12(28)10(14)26)35-13-5(2-21)32-16(29)11(27)9(13)25/h4-18,20-29H,1-3H2,(H,30,31)/t4-,5-,6-,7-,8+,9-,10-,11-,12-,13-,14-,15-,16?,17-,18-/m1/s1. The molecule has 3 heterocycles. The number of rotatable bonds is 8. The number of hydrogen-bond acceptors (Lipinski definition) is 17. The van der Waals surface area contributed by atoms with Gasteiger partial charge in [0.25, 0.3) is 0 Å². The van der Waals surface area contributed by atoms with Crippen LogP contribution in [0.3, 0.4) is 0 Å². The van der Waals surface area contributed by atoms with Crippen molar-refractivity contribution in [3.8, 4) is 0 Å². The van der Waals surface area contributed by atoms with Gasteiger partial charge in [-0.1, -0.05) is 0 Å². The summed E-state index contributed by atoms with van der Waals surface area (Å²) < 4.78 is 31.1. The Morgan fingerprint density at radius 3 is 1.57 bits per heavy atom. The third-order valence-corrected chi connectivity index (χ3v) is 6.30. The van der Waals surface area contributed by atoms with Gasteiger partial charge >= 0.3 is 6.16 Å². The van der Waals surface area contributed by atoms with Crippen molar-refractivity contribution in [2.45, 2.75) is 92.1 Å². The first-order chi connectivity index (χ1) is 17.4. The second-order valence-corrected chi connectivity index (χ2v) is 8.69. The fraction of sp³-hybridized carbons (Fsp3) is 0.947. The molecule has 0 saturated carbocycles. The molecule has 37 heavy (non-hydrogen) atoms. The molecule has 3 fully saturated rings. The molecule has 3 aliphatic rings. The summed E-state index contributed by atoms with van der Waals surface area (Å²) in [5.74, 6) is 0. The van der Waals surface area contributed by atoms with Crippen LogP contribution < -0.4 is 0 Å². The summed E-state index contributed by atoms with van der Waals surface area (Å²) in [5, 5.41) is 109. The first kappa shape index (κ1) is 30.2. The molecule has 18 heteroatoms.